The van der Waals surface area contributed by atoms with Crippen LogP contribution in [0, 0.1) is 19.3 Å². The molecule has 142 valence electrons. The fourth-order valence-electron chi connectivity index (χ4n) is 4.40. The first-order valence-corrected chi connectivity index (χ1v) is 10.4. The van der Waals surface area contributed by atoms with E-state index in [2.05, 4.69) is 4.98 Å². The Morgan fingerprint density at radius 3 is 2.41 bits per heavy atom. The number of carbonyl (C=O) groups is 2. The zero-order valence-electron chi connectivity index (χ0n) is 15.9. The highest BCUT2D eigenvalue weighted by Gasteiger charge is 2.46. The van der Waals surface area contributed by atoms with E-state index in [1.54, 1.807) is 0 Å². The van der Waals surface area contributed by atoms with Gasteiger partial charge in [0.2, 0.25) is 5.91 Å². The lowest BCUT2D eigenvalue weighted by Crippen LogP contribution is -2.54. The van der Waals surface area contributed by atoms with Gasteiger partial charge in [0.15, 0.2) is 0 Å². The van der Waals surface area contributed by atoms with Gasteiger partial charge in [-0.15, -0.1) is 11.3 Å². The lowest BCUT2D eigenvalue weighted by molar-refractivity contribution is -0.133. The molecule has 1 spiro atoms. The molecule has 4 rings (SSSR count). The van der Waals surface area contributed by atoms with Crippen LogP contribution >= 0.6 is 11.3 Å². The molecule has 0 N–H and O–H groups in total. The number of piperidine rings is 2. The summed E-state index contributed by atoms with van der Waals surface area (Å²) in [4.78, 5) is 35.2. The van der Waals surface area contributed by atoms with Gasteiger partial charge >= 0.3 is 0 Å². The van der Waals surface area contributed by atoms with Gasteiger partial charge in [-0.05, 0) is 51.7 Å². The summed E-state index contributed by atoms with van der Waals surface area (Å²) in [5, 5.41) is 0.922. The van der Waals surface area contributed by atoms with Crippen molar-refractivity contribution < 1.29 is 9.59 Å². The van der Waals surface area contributed by atoms with Gasteiger partial charge in [0.1, 0.15) is 4.88 Å². The maximum absolute atomic E-state index is 13.3. The first kappa shape index (κ1) is 18.2. The summed E-state index contributed by atoms with van der Waals surface area (Å²) < 4.78 is 0. The molecule has 2 amide bonds. The zero-order valence-corrected chi connectivity index (χ0v) is 16.7. The molecular weight excluding hydrogens is 358 g/mol. The fraction of sp³-hybridized carbons (Fsp3) is 0.476. The Morgan fingerprint density at radius 1 is 1.07 bits per heavy atom. The van der Waals surface area contributed by atoms with Gasteiger partial charge in [-0.3, -0.25) is 9.59 Å². The van der Waals surface area contributed by atoms with Crippen LogP contribution < -0.4 is 4.90 Å². The molecule has 2 aromatic rings. The van der Waals surface area contributed by atoms with Crippen molar-refractivity contribution >= 4 is 28.8 Å². The number of aryl methyl sites for hydroxylation is 2. The molecule has 2 aliphatic rings. The van der Waals surface area contributed by atoms with Crippen molar-refractivity contribution in [2.75, 3.05) is 24.5 Å². The van der Waals surface area contributed by atoms with Gasteiger partial charge in [-0.25, -0.2) is 4.98 Å². The number of para-hydroxylation sites is 1. The molecule has 2 saturated heterocycles. The monoisotopic (exact) mass is 383 g/mol. The molecule has 27 heavy (non-hydrogen) atoms. The lowest BCUT2D eigenvalue weighted by atomic mass is 9.71. The van der Waals surface area contributed by atoms with Crippen LogP contribution in [0.4, 0.5) is 5.69 Å². The number of anilines is 1. The number of carbonyl (C=O) groups excluding carboxylic acids is 2. The van der Waals surface area contributed by atoms with Crippen LogP contribution in [0.2, 0.25) is 0 Å². The van der Waals surface area contributed by atoms with Crippen LogP contribution in [0.15, 0.2) is 30.3 Å². The van der Waals surface area contributed by atoms with Crippen LogP contribution in [0.3, 0.4) is 0 Å². The molecular formula is C21H25N3O2S. The van der Waals surface area contributed by atoms with E-state index in [0.717, 1.165) is 53.5 Å². The van der Waals surface area contributed by atoms with Gasteiger partial charge in [-0.2, -0.15) is 0 Å². The second-order valence-corrected chi connectivity index (χ2v) is 8.82. The number of hydrogen-bond acceptors (Lipinski definition) is 4. The second kappa shape index (κ2) is 7.08. The normalized spacial score (nSPS) is 19.6. The highest BCUT2D eigenvalue weighted by molar-refractivity contribution is 7.13. The predicted molar refractivity (Wildman–Crippen MR) is 107 cm³/mol. The predicted octanol–water partition coefficient (Wildman–Crippen LogP) is 3.81. The van der Waals surface area contributed by atoms with Crippen LogP contribution in [-0.2, 0) is 4.79 Å². The minimum atomic E-state index is -0.316. The molecule has 0 atom stereocenters. The third-order valence-electron chi connectivity index (χ3n) is 5.91. The number of nitrogens with zero attached hydrogens (tertiary/aromatic N) is 3. The minimum Gasteiger partial charge on any atom is -0.338 e. The van der Waals surface area contributed by atoms with E-state index in [-0.39, 0.29) is 17.2 Å². The molecule has 0 saturated carbocycles. The Morgan fingerprint density at radius 2 is 1.78 bits per heavy atom. The molecule has 0 unspecified atom stereocenters. The average molecular weight is 384 g/mol. The third kappa shape index (κ3) is 3.27. The Kier molecular flexibility index (Phi) is 4.76. The molecule has 2 fully saturated rings. The standard InChI is InChI=1S/C21H25N3O2S/c1-15-18(27-16(2)22-15)19(25)23-13-10-21(11-14-23)9-6-12-24(20(21)26)17-7-4-3-5-8-17/h3-5,7-8H,6,9-14H2,1-2H3. The molecule has 1 aromatic heterocycles. The highest BCUT2D eigenvalue weighted by Crippen LogP contribution is 2.42. The number of aromatic nitrogens is 1. The summed E-state index contributed by atoms with van der Waals surface area (Å²) in [6.45, 7) is 5.89. The van der Waals surface area contributed by atoms with E-state index in [9.17, 15) is 9.59 Å². The van der Waals surface area contributed by atoms with Gasteiger partial charge in [0, 0.05) is 25.3 Å². The van der Waals surface area contributed by atoms with Crippen LogP contribution in [-0.4, -0.2) is 41.3 Å². The summed E-state index contributed by atoms with van der Waals surface area (Å²) in [6.07, 6.45) is 3.44. The number of rotatable bonds is 2. The Bertz CT molecular complexity index is 854. The van der Waals surface area contributed by atoms with Gasteiger partial charge in [0.25, 0.3) is 5.91 Å². The quantitative estimate of drug-likeness (QED) is 0.792. The molecule has 0 aliphatic carbocycles. The molecule has 1 aromatic carbocycles. The number of likely N-dealkylation sites (tertiary alicyclic amines) is 1. The van der Waals surface area contributed by atoms with Gasteiger partial charge in [-0.1, -0.05) is 18.2 Å². The summed E-state index contributed by atoms with van der Waals surface area (Å²) >= 11 is 1.46. The average Bonchev–Trinajstić information content (AvgIpc) is 3.03. The summed E-state index contributed by atoms with van der Waals surface area (Å²) in [6, 6.07) is 9.94. The van der Waals surface area contributed by atoms with E-state index in [1.807, 2.05) is 54.0 Å². The van der Waals surface area contributed by atoms with E-state index in [4.69, 9.17) is 0 Å². The number of thiazole rings is 1. The Balaban J connectivity index is 1.48. The maximum atomic E-state index is 13.3. The lowest BCUT2D eigenvalue weighted by Gasteiger charge is -2.46. The van der Waals surface area contributed by atoms with Crippen molar-refractivity contribution in [1.82, 2.24) is 9.88 Å². The Hall–Kier alpha value is -2.21. The topological polar surface area (TPSA) is 53.5 Å². The largest absolute Gasteiger partial charge is 0.338 e. The molecule has 0 bridgehead atoms. The van der Waals surface area contributed by atoms with Crippen LogP contribution in [0.1, 0.15) is 46.1 Å². The maximum Gasteiger partial charge on any atom is 0.265 e. The first-order chi connectivity index (χ1) is 13.0. The molecule has 3 heterocycles. The SMILES string of the molecule is Cc1nc(C)c(C(=O)N2CCC3(CCCN(c4ccccc4)C3=O)CC2)s1. The van der Waals surface area contributed by atoms with Crippen molar-refractivity contribution in [2.24, 2.45) is 5.41 Å². The second-order valence-electron chi connectivity index (χ2n) is 7.62. The van der Waals surface area contributed by atoms with Gasteiger partial charge < -0.3 is 9.80 Å². The van der Waals surface area contributed by atoms with E-state index >= 15 is 0 Å². The molecule has 5 nitrogen and oxygen atoms in total. The highest BCUT2D eigenvalue weighted by atomic mass is 32.1. The smallest absolute Gasteiger partial charge is 0.265 e. The molecule has 2 aliphatic heterocycles. The number of benzene rings is 1. The van der Waals surface area contributed by atoms with Crippen molar-refractivity contribution in [3.8, 4) is 0 Å². The summed E-state index contributed by atoms with van der Waals surface area (Å²) in [7, 11) is 0. The van der Waals surface area contributed by atoms with Crippen molar-refractivity contribution in [2.45, 2.75) is 39.5 Å². The van der Waals surface area contributed by atoms with E-state index < -0.39 is 0 Å². The van der Waals surface area contributed by atoms with E-state index in [0.29, 0.717) is 13.1 Å². The molecule has 6 heteroatoms. The van der Waals surface area contributed by atoms with Crippen LogP contribution in [0.25, 0.3) is 0 Å². The van der Waals surface area contributed by atoms with Crippen molar-refractivity contribution in [1.29, 1.82) is 0 Å². The van der Waals surface area contributed by atoms with Crippen molar-refractivity contribution in [3.63, 3.8) is 0 Å². The zero-order chi connectivity index (χ0) is 19.0. The fourth-order valence-corrected chi connectivity index (χ4v) is 5.29. The molecule has 0 radical (unpaired) electrons. The van der Waals surface area contributed by atoms with Gasteiger partial charge in [0.05, 0.1) is 16.1 Å². The number of hydrogen-bond donors (Lipinski definition) is 0. The van der Waals surface area contributed by atoms with Crippen molar-refractivity contribution in [3.05, 3.63) is 45.9 Å². The Labute approximate surface area is 164 Å². The third-order valence-corrected chi connectivity index (χ3v) is 6.97. The summed E-state index contributed by atoms with van der Waals surface area (Å²) in [5.74, 6) is 0.299. The van der Waals surface area contributed by atoms with E-state index in [1.165, 1.54) is 11.3 Å². The summed E-state index contributed by atoms with van der Waals surface area (Å²) in [5.41, 5.74) is 1.48. The minimum absolute atomic E-state index is 0.0659. The number of amides is 2. The first-order valence-electron chi connectivity index (χ1n) is 9.60. The van der Waals surface area contributed by atoms with Crippen LogP contribution in [0.5, 0.6) is 0 Å².